The van der Waals surface area contributed by atoms with Crippen LogP contribution in [0.4, 0.5) is 18.9 Å². The summed E-state index contributed by atoms with van der Waals surface area (Å²) in [6.07, 6.45) is -2.02. The van der Waals surface area contributed by atoms with Gasteiger partial charge in [-0.15, -0.1) is 0 Å². The van der Waals surface area contributed by atoms with E-state index < -0.39 is 30.1 Å². The number of alkyl halides is 3. The first kappa shape index (κ1) is 30.1. The van der Waals surface area contributed by atoms with Crippen molar-refractivity contribution in [3.8, 4) is 11.8 Å². The molecule has 0 radical (unpaired) electrons. The Morgan fingerprint density at radius 2 is 1.83 bits per heavy atom. The van der Waals surface area contributed by atoms with Gasteiger partial charge in [0.15, 0.2) is 0 Å². The molecule has 0 aliphatic carbocycles. The fourth-order valence-corrected chi connectivity index (χ4v) is 4.28. The number of benzene rings is 3. The molecule has 214 valence electrons. The lowest BCUT2D eigenvalue weighted by Gasteiger charge is -2.21. The second-order valence-electron chi connectivity index (χ2n) is 9.22. The lowest BCUT2D eigenvalue weighted by molar-refractivity contribution is -0.137. The first-order chi connectivity index (χ1) is 20.0. The number of aromatic nitrogens is 1. The summed E-state index contributed by atoms with van der Waals surface area (Å²) >= 11 is 6.42. The molecule has 0 unspecified atom stereocenters. The van der Waals surface area contributed by atoms with E-state index in [1.54, 1.807) is 12.1 Å². The number of amides is 2. The summed E-state index contributed by atoms with van der Waals surface area (Å²) in [6.45, 7) is 1.42. The fraction of sp³-hybridized carbons (Fsp3) is 0.161. The van der Waals surface area contributed by atoms with E-state index in [0.29, 0.717) is 22.4 Å². The Kier molecular flexibility index (Phi) is 9.13. The highest BCUT2D eigenvalue weighted by Crippen LogP contribution is 2.32. The van der Waals surface area contributed by atoms with Crippen molar-refractivity contribution >= 4 is 46.1 Å². The van der Waals surface area contributed by atoms with E-state index in [4.69, 9.17) is 16.3 Å². The Balaban J connectivity index is 1.43. The minimum absolute atomic E-state index is 0.0577. The van der Waals surface area contributed by atoms with Gasteiger partial charge in [-0.1, -0.05) is 41.9 Å². The van der Waals surface area contributed by atoms with Gasteiger partial charge in [0, 0.05) is 34.8 Å². The third-order valence-electron chi connectivity index (χ3n) is 6.35. The van der Waals surface area contributed by atoms with Crippen molar-refractivity contribution in [2.45, 2.75) is 19.7 Å². The molecule has 0 atom stereocenters. The van der Waals surface area contributed by atoms with Gasteiger partial charge >= 0.3 is 6.18 Å². The van der Waals surface area contributed by atoms with Crippen LogP contribution >= 0.6 is 11.6 Å². The molecule has 42 heavy (non-hydrogen) atoms. The topological polar surface area (TPSA) is 95.3 Å². The molecule has 3 aromatic carbocycles. The Bertz CT molecular complexity index is 1710. The van der Waals surface area contributed by atoms with Crippen LogP contribution in [0.15, 0.2) is 72.8 Å². The van der Waals surface area contributed by atoms with Gasteiger partial charge in [0.1, 0.15) is 23.9 Å². The summed E-state index contributed by atoms with van der Waals surface area (Å²) in [5.41, 5.74) is 1.85. The molecule has 1 heterocycles. The molecule has 1 N–H and O–H groups in total. The number of likely N-dealkylation sites (N-methyl/N-ethyl adjacent to an activating group) is 1. The molecule has 4 aromatic rings. The van der Waals surface area contributed by atoms with Gasteiger partial charge in [-0.3, -0.25) is 9.59 Å². The zero-order valence-electron chi connectivity index (χ0n) is 22.5. The van der Waals surface area contributed by atoms with E-state index in [2.05, 4.69) is 16.4 Å². The number of rotatable bonds is 8. The molecule has 0 saturated heterocycles. The van der Waals surface area contributed by atoms with Gasteiger partial charge < -0.3 is 15.0 Å². The molecule has 0 aliphatic heterocycles. The summed E-state index contributed by atoms with van der Waals surface area (Å²) in [5.74, 6) is -0.634. The highest BCUT2D eigenvalue weighted by Gasteiger charge is 2.29. The molecular weight excluding hydrogens is 569 g/mol. The molecule has 4 rings (SSSR count). The van der Waals surface area contributed by atoms with Gasteiger partial charge in [0.05, 0.1) is 23.4 Å². The maximum atomic E-state index is 12.9. The minimum atomic E-state index is -4.46. The third kappa shape index (κ3) is 7.06. The smallest absolute Gasteiger partial charge is 0.416 e. The Labute approximate surface area is 244 Å². The normalized spacial score (nSPS) is 11.4. The molecule has 1 aromatic heterocycles. The van der Waals surface area contributed by atoms with Crippen LogP contribution in [0.3, 0.4) is 0 Å². The van der Waals surface area contributed by atoms with Crippen LogP contribution in [0.2, 0.25) is 5.02 Å². The molecule has 0 fully saturated rings. The monoisotopic (exact) mass is 592 g/mol. The van der Waals surface area contributed by atoms with Crippen molar-refractivity contribution in [2.75, 3.05) is 18.5 Å². The fourth-order valence-electron chi connectivity index (χ4n) is 4.07. The summed E-state index contributed by atoms with van der Waals surface area (Å²) in [5, 5.41) is 13.6. The first-order valence-corrected chi connectivity index (χ1v) is 13.0. The number of nitrogens with zero attached hydrogens (tertiary/aromatic N) is 3. The Hall–Kier alpha value is -4.88. The van der Waals surface area contributed by atoms with Crippen LogP contribution in [-0.2, 0) is 22.4 Å². The lowest BCUT2D eigenvalue weighted by atomic mass is 10.1. The van der Waals surface area contributed by atoms with Gasteiger partial charge in [-0.25, -0.2) is 4.98 Å². The molecule has 0 bridgehead atoms. The highest BCUT2D eigenvalue weighted by molar-refractivity contribution is 6.31. The average Bonchev–Trinajstić information content (AvgIpc) is 2.97. The highest BCUT2D eigenvalue weighted by atomic mass is 35.5. The van der Waals surface area contributed by atoms with Crippen molar-refractivity contribution in [2.24, 2.45) is 0 Å². The van der Waals surface area contributed by atoms with Crippen molar-refractivity contribution in [3.63, 3.8) is 0 Å². The van der Waals surface area contributed by atoms with E-state index in [1.165, 1.54) is 36.2 Å². The Morgan fingerprint density at radius 1 is 1.10 bits per heavy atom. The van der Waals surface area contributed by atoms with Gasteiger partial charge in [-0.2, -0.15) is 18.4 Å². The van der Waals surface area contributed by atoms with Crippen LogP contribution in [0.5, 0.6) is 5.75 Å². The van der Waals surface area contributed by atoms with Gasteiger partial charge in [0.25, 0.3) is 0 Å². The number of nitriles is 1. The number of hydrogen-bond acceptors (Lipinski definition) is 5. The summed E-state index contributed by atoms with van der Waals surface area (Å²) in [7, 11) is 1.46. The van der Waals surface area contributed by atoms with Crippen LogP contribution in [0, 0.1) is 18.3 Å². The minimum Gasteiger partial charge on any atom is -0.487 e. The van der Waals surface area contributed by atoms with E-state index in [0.717, 1.165) is 29.3 Å². The third-order valence-corrected chi connectivity index (χ3v) is 6.71. The van der Waals surface area contributed by atoms with Gasteiger partial charge in [0.2, 0.25) is 11.8 Å². The predicted octanol–water partition coefficient (Wildman–Crippen LogP) is 6.46. The van der Waals surface area contributed by atoms with E-state index >= 15 is 0 Å². The number of para-hydroxylation sites is 1. The van der Waals surface area contributed by atoms with Crippen molar-refractivity contribution < 1.29 is 27.5 Å². The number of anilines is 1. The number of hydrogen-bond donors (Lipinski definition) is 1. The van der Waals surface area contributed by atoms with Crippen molar-refractivity contribution in [3.05, 3.63) is 106 Å². The molecule has 2 amide bonds. The van der Waals surface area contributed by atoms with Crippen molar-refractivity contribution in [1.29, 1.82) is 5.26 Å². The molecule has 0 spiro atoms. The number of carbonyl (C=O) groups excluding carboxylic acids is 2. The predicted molar refractivity (Wildman–Crippen MR) is 154 cm³/mol. The molecule has 0 saturated carbocycles. The number of nitrogens with one attached hydrogen (secondary N) is 1. The van der Waals surface area contributed by atoms with Crippen molar-refractivity contribution in [1.82, 2.24) is 10.3 Å². The summed E-state index contributed by atoms with van der Waals surface area (Å²) in [4.78, 5) is 30.9. The van der Waals surface area contributed by atoms with Crippen LogP contribution in [0.1, 0.15) is 27.9 Å². The number of pyridine rings is 1. The molecular formula is C31H24ClF3N4O3. The molecule has 11 heteroatoms. The van der Waals surface area contributed by atoms with E-state index in [1.807, 2.05) is 31.2 Å². The maximum absolute atomic E-state index is 12.9. The number of halogens is 4. The largest absolute Gasteiger partial charge is 0.487 e. The zero-order valence-corrected chi connectivity index (χ0v) is 23.3. The Morgan fingerprint density at radius 3 is 2.52 bits per heavy atom. The number of ether oxygens (including phenoxy) is 1. The first-order valence-electron chi connectivity index (χ1n) is 12.6. The van der Waals surface area contributed by atoms with Crippen LogP contribution in [0.25, 0.3) is 17.0 Å². The summed E-state index contributed by atoms with van der Waals surface area (Å²) < 4.78 is 44.1. The zero-order chi connectivity index (χ0) is 30.4. The number of fused-ring (bicyclic) bond motifs is 1. The second kappa shape index (κ2) is 12.7. The molecule has 7 nitrogen and oxygen atoms in total. The van der Waals surface area contributed by atoms with E-state index in [9.17, 15) is 28.0 Å². The lowest BCUT2D eigenvalue weighted by Crippen LogP contribution is -2.38. The number of aryl methyl sites for hydroxylation is 1. The van der Waals surface area contributed by atoms with Gasteiger partial charge in [-0.05, 0) is 55.0 Å². The average molecular weight is 593 g/mol. The summed E-state index contributed by atoms with van der Waals surface area (Å²) in [6, 6.07) is 18.8. The van der Waals surface area contributed by atoms with E-state index in [-0.39, 0.29) is 22.9 Å². The number of carbonyl (C=O) groups is 2. The quantitative estimate of drug-likeness (QED) is 0.237. The molecule has 0 aliphatic rings. The SMILES string of the molecule is Cc1ccc2cccc(OCc3c(Cl)ccc(N(C)C(=O)CNC(=O)C=Cc4ccc(C(F)(F)F)cc4)c3C#N)c2n1. The van der Waals surface area contributed by atoms with Crippen LogP contribution < -0.4 is 15.0 Å². The standard InChI is InChI=1S/C31H24ClF3N4O3/c1-19-6-10-21-4-3-5-27(30(21)38-19)42-18-24-23(16-36)26(14-13-25(24)32)39(2)29(41)17-37-28(40)15-9-20-7-11-22(12-8-20)31(33,34)35/h3-15H,17-18H2,1-2H3,(H,37,40). The second-order valence-corrected chi connectivity index (χ2v) is 9.63. The van der Waals surface area contributed by atoms with Crippen LogP contribution in [-0.4, -0.2) is 30.4 Å². The maximum Gasteiger partial charge on any atom is 0.416 e.